The van der Waals surface area contributed by atoms with Crippen molar-refractivity contribution in [3.05, 3.63) is 88.6 Å². The summed E-state index contributed by atoms with van der Waals surface area (Å²) in [5.74, 6) is 0.843. The number of ketones is 1. The molecule has 0 amide bonds. The lowest BCUT2D eigenvalue weighted by Crippen LogP contribution is -2.24. The fourth-order valence-corrected chi connectivity index (χ4v) is 6.76. The van der Waals surface area contributed by atoms with Crippen molar-refractivity contribution in [2.75, 3.05) is 20.3 Å². The summed E-state index contributed by atoms with van der Waals surface area (Å²) >= 11 is 0. The number of hydrogen-bond donors (Lipinski definition) is 3. The maximum Gasteiger partial charge on any atom is 0.335 e. The molecular weight excluding hydrogens is 546 g/mol. The first-order valence-corrected chi connectivity index (χ1v) is 14.6. The van der Waals surface area contributed by atoms with E-state index < -0.39 is 6.10 Å². The average molecular weight is 580 g/mol. The summed E-state index contributed by atoms with van der Waals surface area (Å²) in [7, 11) is 1.46. The highest BCUT2D eigenvalue weighted by Crippen LogP contribution is 2.54. The molecule has 4 aromatic carbocycles. The molecule has 0 bridgehead atoms. The zero-order valence-corrected chi connectivity index (χ0v) is 23.8. The summed E-state index contributed by atoms with van der Waals surface area (Å²) in [4.78, 5) is 16.0. The van der Waals surface area contributed by atoms with Crippen molar-refractivity contribution in [1.82, 2.24) is 4.98 Å². The molecule has 0 spiro atoms. The van der Waals surface area contributed by atoms with E-state index in [4.69, 9.17) is 14.2 Å². The van der Waals surface area contributed by atoms with Gasteiger partial charge in [0, 0.05) is 18.6 Å². The number of aromatic hydroxyl groups is 2. The second-order valence-corrected chi connectivity index (χ2v) is 11.3. The van der Waals surface area contributed by atoms with E-state index in [0.717, 1.165) is 29.3 Å². The smallest absolute Gasteiger partial charge is 0.335 e. The van der Waals surface area contributed by atoms with Crippen LogP contribution < -0.4 is 19.2 Å². The van der Waals surface area contributed by atoms with Crippen LogP contribution in [0.5, 0.6) is 28.7 Å². The second kappa shape index (κ2) is 10.9. The van der Waals surface area contributed by atoms with Gasteiger partial charge in [-0.15, -0.1) is 5.52 Å². The number of fused-ring (bicyclic) bond motifs is 3. The molecule has 0 saturated heterocycles. The first kappa shape index (κ1) is 27.2. The Bertz CT molecular complexity index is 1860. The van der Waals surface area contributed by atoms with Crippen molar-refractivity contribution in [2.45, 2.75) is 44.1 Å². The van der Waals surface area contributed by atoms with E-state index in [2.05, 4.69) is 35.3 Å². The molecule has 2 heterocycles. The third-order valence-corrected chi connectivity index (χ3v) is 8.78. The van der Waals surface area contributed by atoms with E-state index in [9.17, 15) is 20.1 Å². The Hall–Kier alpha value is -4.69. The fraction of sp³-hybridized carbons (Fsp3) is 0.286. The van der Waals surface area contributed by atoms with Crippen molar-refractivity contribution in [1.29, 1.82) is 0 Å². The predicted molar refractivity (Wildman–Crippen MR) is 164 cm³/mol. The van der Waals surface area contributed by atoms with Crippen LogP contribution in [0.1, 0.15) is 59.1 Å². The van der Waals surface area contributed by atoms with Gasteiger partial charge in [-0.25, -0.2) is 0 Å². The van der Waals surface area contributed by atoms with Gasteiger partial charge in [0.15, 0.2) is 17.1 Å². The number of aryl methyl sites for hydroxylation is 1. The molecule has 0 saturated carbocycles. The van der Waals surface area contributed by atoms with E-state index in [1.165, 1.54) is 29.0 Å². The van der Waals surface area contributed by atoms with E-state index in [0.29, 0.717) is 29.7 Å². The lowest BCUT2D eigenvalue weighted by atomic mass is 9.77. The Balaban J connectivity index is 1.37. The Kier molecular flexibility index (Phi) is 6.86. The molecule has 43 heavy (non-hydrogen) atoms. The van der Waals surface area contributed by atoms with Gasteiger partial charge in [0.1, 0.15) is 24.0 Å². The van der Waals surface area contributed by atoms with Crippen LogP contribution in [0.25, 0.3) is 21.7 Å². The first-order chi connectivity index (χ1) is 21.0. The minimum Gasteiger partial charge on any atom is -0.664 e. The maximum absolute atomic E-state index is 11.7. The van der Waals surface area contributed by atoms with Crippen LogP contribution in [0, 0.1) is 0 Å². The molecule has 1 aliphatic heterocycles. The Morgan fingerprint density at radius 1 is 1.05 bits per heavy atom. The molecule has 2 aliphatic rings. The third-order valence-electron chi connectivity index (χ3n) is 8.78. The normalized spacial score (nSPS) is 17.6. The number of rotatable bonds is 8. The molecule has 0 fully saturated rings. The number of aromatic nitrogens is 1. The molecule has 7 rings (SSSR count). The molecule has 8 nitrogen and oxygen atoms in total. The minimum absolute atomic E-state index is 0.0556. The minimum atomic E-state index is -0.543. The highest BCUT2D eigenvalue weighted by Gasteiger charge is 2.41. The highest BCUT2D eigenvalue weighted by molar-refractivity contribution is 6.09. The summed E-state index contributed by atoms with van der Waals surface area (Å²) in [5, 5.41) is 34.4. The van der Waals surface area contributed by atoms with Crippen molar-refractivity contribution in [3.8, 4) is 28.7 Å². The molecule has 2 atom stereocenters. The van der Waals surface area contributed by atoms with Crippen molar-refractivity contribution >= 4 is 27.5 Å². The number of methoxy groups -OCH3 is 1. The van der Waals surface area contributed by atoms with Gasteiger partial charge in [-0.3, -0.25) is 4.79 Å². The zero-order valence-electron chi connectivity index (χ0n) is 23.8. The number of aliphatic hydroxyl groups is 1. The van der Waals surface area contributed by atoms with Crippen LogP contribution in [0.15, 0.2) is 60.8 Å². The summed E-state index contributed by atoms with van der Waals surface area (Å²) in [6.45, 7) is 0.102. The Morgan fingerprint density at radius 2 is 1.88 bits per heavy atom. The zero-order chi connectivity index (χ0) is 29.7. The first-order valence-electron chi connectivity index (χ1n) is 14.6. The fourth-order valence-electron chi connectivity index (χ4n) is 6.76. The van der Waals surface area contributed by atoms with Crippen LogP contribution in [-0.2, 0) is 12.8 Å². The summed E-state index contributed by atoms with van der Waals surface area (Å²) < 4.78 is 18.3. The summed E-state index contributed by atoms with van der Waals surface area (Å²) in [5.41, 5.74) is 5.17. The van der Waals surface area contributed by atoms with Gasteiger partial charge >= 0.3 is 5.78 Å². The topological polar surface area (TPSA) is 124 Å². The van der Waals surface area contributed by atoms with Crippen LogP contribution >= 0.6 is 0 Å². The van der Waals surface area contributed by atoms with Gasteiger partial charge in [-0.1, -0.05) is 42.5 Å². The molecule has 4 N–H and O–H groups in total. The molecule has 0 radical (unpaired) electrons. The van der Waals surface area contributed by atoms with Crippen LogP contribution in [0.4, 0.5) is 0 Å². The molecular formula is C35H33NO7. The monoisotopic (exact) mass is 579 g/mol. The summed E-state index contributed by atoms with van der Waals surface area (Å²) in [6, 6.07) is 17.3. The van der Waals surface area contributed by atoms with Crippen molar-refractivity contribution in [2.24, 2.45) is 0 Å². The summed E-state index contributed by atoms with van der Waals surface area (Å²) in [6.07, 6.45) is 4.03. The number of phenolic OH excluding ortho intramolecular Hbond substituents is 2. The van der Waals surface area contributed by atoms with Crippen LogP contribution in [0.3, 0.4) is 0 Å². The second-order valence-electron chi connectivity index (χ2n) is 11.3. The number of benzene rings is 4. The van der Waals surface area contributed by atoms with Gasteiger partial charge in [0.2, 0.25) is 5.75 Å². The standard InChI is InChI=1S/C35H32NO7/c1-41-35-32(40)26(16-20-6-7-21-17-27-24(12-13-36-27)25-5-2-4-23(20)30(21)25)33-31(34(35)42-15-3-14-37)28(39)18-29(43-33)19-8-10-22(38)11-9-19/h2,4-5,8-13,17,20,29,37-38H,3,6-7,14-16,18H2,1H3,(H,39,40)/q-1/p+1/t20-,29?/m0/s1. The number of carbonyl (C=O) groups excluding carboxylic acids is 1. The molecule has 1 aliphatic carbocycles. The number of phenols is 2. The molecule has 8 heteroatoms. The quantitative estimate of drug-likeness (QED) is 0.156. The van der Waals surface area contributed by atoms with E-state index >= 15 is 0 Å². The van der Waals surface area contributed by atoms with Gasteiger partial charge in [0.25, 0.3) is 0 Å². The van der Waals surface area contributed by atoms with E-state index in [1.807, 2.05) is 6.20 Å². The van der Waals surface area contributed by atoms with Gasteiger partial charge in [-0.2, -0.15) is 6.20 Å². The van der Waals surface area contributed by atoms with Crippen molar-refractivity contribution < 1.29 is 34.3 Å². The van der Waals surface area contributed by atoms with E-state index in [-0.39, 0.29) is 54.3 Å². The average Bonchev–Trinajstić information content (AvgIpc) is 3.49. The molecule has 5 aromatic rings. The van der Waals surface area contributed by atoms with Gasteiger partial charge in [0.05, 0.1) is 13.7 Å². The number of aliphatic hydroxyl groups excluding tert-OH is 1. The Morgan fingerprint density at radius 3 is 2.67 bits per heavy atom. The molecule has 1 unspecified atom stereocenters. The van der Waals surface area contributed by atoms with Crippen LogP contribution in [-0.4, -0.2) is 46.2 Å². The molecule has 1 aromatic heterocycles. The van der Waals surface area contributed by atoms with Gasteiger partial charge < -0.3 is 34.5 Å². The molecule has 220 valence electrons. The van der Waals surface area contributed by atoms with Crippen molar-refractivity contribution in [3.63, 3.8) is 0 Å². The largest absolute Gasteiger partial charge is 0.664 e. The lowest BCUT2D eigenvalue weighted by Gasteiger charge is -2.31. The third kappa shape index (κ3) is 4.53. The van der Waals surface area contributed by atoms with Gasteiger partial charge in [-0.05, 0) is 70.2 Å². The van der Waals surface area contributed by atoms with Crippen LogP contribution in [0.2, 0.25) is 0 Å². The highest BCUT2D eigenvalue weighted by atomic mass is 16.5. The SMILES string of the molecule is COc1c(O)c(C[C@@H]2CCc3cc4[n-]ccc4c4cccc2c34)c2c(c1OCCCO)C(=[OH+])CC(c1ccc(O)cc1)O2. The number of nitrogens with zero attached hydrogens (tertiary/aromatic N) is 1. The Labute approximate surface area is 248 Å². The maximum atomic E-state index is 11.7. The lowest BCUT2D eigenvalue weighted by molar-refractivity contribution is 0.192. The number of hydrogen-bond acceptors (Lipinski definition) is 6. The predicted octanol–water partition coefficient (Wildman–Crippen LogP) is 5.82. The van der Waals surface area contributed by atoms with E-state index in [1.54, 1.807) is 24.3 Å². The number of ether oxygens (including phenoxy) is 3.